The van der Waals surface area contributed by atoms with Crippen molar-refractivity contribution in [1.82, 2.24) is 14.9 Å². The van der Waals surface area contributed by atoms with Crippen molar-refractivity contribution >= 4 is 22.8 Å². The van der Waals surface area contributed by atoms with Gasteiger partial charge in [-0.2, -0.15) is 0 Å². The van der Waals surface area contributed by atoms with Crippen molar-refractivity contribution in [3.63, 3.8) is 0 Å². The van der Waals surface area contributed by atoms with Gasteiger partial charge in [-0.3, -0.25) is 4.90 Å². The summed E-state index contributed by atoms with van der Waals surface area (Å²) in [5, 5.41) is 0. The summed E-state index contributed by atoms with van der Waals surface area (Å²) in [5.41, 5.74) is 3.11. The second-order valence-corrected chi connectivity index (χ2v) is 6.85. The van der Waals surface area contributed by atoms with Crippen molar-refractivity contribution in [2.75, 3.05) is 37.7 Å². The topological polar surface area (TPSA) is 58.6 Å². The third-order valence-corrected chi connectivity index (χ3v) is 4.94. The molecule has 0 unspecified atom stereocenters. The molecule has 0 spiro atoms. The van der Waals surface area contributed by atoms with Gasteiger partial charge in [0.15, 0.2) is 11.5 Å². The van der Waals surface area contributed by atoms with E-state index in [9.17, 15) is 4.79 Å². The zero-order valence-corrected chi connectivity index (χ0v) is 16.0. The molecule has 3 aromatic rings. The zero-order chi connectivity index (χ0) is 19.3. The number of fused-ring (bicyclic) bond motifs is 1. The molecule has 6 heteroatoms. The third-order valence-electron chi connectivity index (χ3n) is 4.94. The van der Waals surface area contributed by atoms with E-state index in [1.807, 2.05) is 30.3 Å². The van der Waals surface area contributed by atoms with E-state index in [1.165, 1.54) is 5.56 Å². The van der Waals surface area contributed by atoms with E-state index in [0.717, 1.165) is 38.2 Å². The highest BCUT2D eigenvalue weighted by molar-refractivity contribution is 5.95. The lowest BCUT2D eigenvalue weighted by atomic mass is 10.2. The van der Waals surface area contributed by atoms with Crippen LogP contribution in [0.3, 0.4) is 0 Å². The van der Waals surface area contributed by atoms with Crippen LogP contribution in [0.5, 0.6) is 0 Å². The smallest absolute Gasteiger partial charge is 0.360 e. The van der Waals surface area contributed by atoms with Crippen LogP contribution in [0.2, 0.25) is 0 Å². The summed E-state index contributed by atoms with van der Waals surface area (Å²) >= 11 is 0. The number of carbonyl (C=O) groups excluding carboxylic acids is 1. The molecule has 1 fully saturated rings. The quantitative estimate of drug-likeness (QED) is 0.638. The summed E-state index contributed by atoms with van der Waals surface area (Å²) in [7, 11) is 0. The van der Waals surface area contributed by atoms with Gasteiger partial charge in [0.2, 0.25) is 0 Å². The molecule has 28 heavy (non-hydrogen) atoms. The number of benzene rings is 2. The molecule has 144 valence electrons. The highest BCUT2D eigenvalue weighted by atomic mass is 16.5. The Morgan fingerprint density at radius 3 is 2.25 bits per heavy atom. The Morgan fingerprint density at radius 2 is 1.57 bits per heavy atom. The lowest BCUT2D eigenvalue weighted by Gasteiger charge is -2.35. The van der Waals surface area contributed by atoms with Gasteiger partial charge in [-0.15, -0.1) is 0 Å². The van der Waals surface area contributed by atoms with Gasteiger partial charge >= 0.3 is 5.97 Å². The number of aromatic nitrogens is 2. The van der Waals surface area contributed by atoms with Gasteiger partial charge in [0, 0.05) is 32.7 Å². The second kappa shape index (κ2) is 8.35. The van der Waals surface area contributed by atoms with Crippen molar-refractivity contribution in [3.05, 3.63) is 65.9 Å². The number of anilines is 1. The van der Waals surface area contributed by atoms with E-state index in [-0.39, 0.29) is 0 Å². The lowest BCUT2D eigenvalue weighted by Crippen LogP contribution is -2.46. The second-order valence-electron chi connectivity index (χ2n) is 6.85. The van der Waals surface area contributed by atoms with Gasteiger partial charge in [-0.05, 0) is 24.6 Å². The Labute approximate surface area is 164 Å². The number of para-hydroxylation sites is 2. The molecule has 1 aliphatic rings. The van der Waals surface area contributed by atoms with Crippen LogP contribution >= 0.6 is 0 Å². The Hall–Kier alpha value is -2.99. The average molecular weight is 376 g/mol. The zero-order valence-electron chi connectivity index (χ0n) is 16.0. The summed E-state index contributed by atoms with van der Waals surface area (Å²) in [5.74, 6) is 0.207. The molecule has 4 rings (SSSR count). The largest absolute Gasteiger partial charge is 0.461 e. The Kier molecular flexibility index (Phi) is 5.48. The molecule has 0 amide bonds. The molecule has 1 saturated heterocycles. The molecule has 0 radical (unpaired) electrons. The first kappa shape index (κ1) is 18.4. The predicted octanol–water partition coefficient (Wildman–Crippen LogP) is 3.13. The molecule has 0 N–H and O–H groups in total. The monoisotopic (exact) mass is 376 g/mol. The highest BCUT2D eigenvalue weighted by Crippen LogP contribution is 2.23. The number of ether oxygens (including phenoxy) is 1. The number of piperazine rings is 1. The van der Waals surface area contributed by atoms with Crippen LogP contribution in [0.25, 0.3) is 11.0 Å². The van der Waals surface area contributed by atoms with E-state index >= 15 is 0 Å². The minimum atomic E-state index is -0.414. The molecular formula is C22H24N4O2. The fourth-order valence-corrected chi connectivity index (χ4v) is 3.51. The van der Waals surface area contributed by atoms with Crippen LogP contribution in [0.15, 0.2) is 54.6 Å². The van der Waals surface area contributed by atoms with E-state index in [1.54, 1.807) is 6.92 Å². The minimum Gasteiger partial charge on any atom is -0.461 e. The molecule has 0 bridgehead atoms. The molecule has 2 heterocycles. The SMILES string of the molecule is CCOC(=O)c1nc2ccccc2nc1N1CCN(Cc2ccccc2)CC1. The fraction of sp³-hybridized carbons (Fsp3) is 0.318. The first-order valence-electron chi connectivity index (χ1n) is 9.69. The van der Waals surface area contributed by atoms with Gasteiger partial charge in [0.25, 0.3) is 0 Å². The first-order valence-corrected chi connectivity index (χ1v) is 9.69. The van der Waals surface area contributed by atoms with Crippen molar-refractivity contribution in [2.24, 2.45) is 0 Å². The average Bonchev–Trinajstić information content (AvgIpc) is 2.74. The number of rotatable bonds is 5. The normalized spacial score (nSPS) is 15.0. The van der Waals surface area contributed by atoms with Crippen molar-refractivity contribution in [1.29, 1.82) is 0 Å². The van der Waals surface area contributed by atoms with Crippen LogP contribution < -0.4 is 4.90 Å². The van der Waals surface area contributed by atoms with E-state index in [2.05, 4.69) is 39.0 Å². The number of hydrogen-bond acceptors (Lipinski definition) is 6. The Balaban J connectivity index is 1.55. The molecule has 6 nitrogen and oxygen atoms in total. The maximum Gasteiger partial charge on any atom is 0.360 e. The molecule has 1 aliphatic heterocycles. The Bertz CT molecular complexity index is 953. The highest BCUT2D eigenvalue weighted by Gasteiger charge is 2.25. The van der Waals surface area contributed by atoms with Crippen LogP contribution in [0.4, 0.5) is 5.82 Å². The van der Waals surface area contributed by atoms with E-state index in [4.69, 9.17) is 9.72 Å². The third kappa shape index (κ3) is 3.97. The minimum absolute atomic E-state index is 0.303. The standard InChI is InChI=1S/C22H24N4O2/c1-2-28-22(27)20-21(24-19-11-7-6-10-18(19)23-20)26-14-12-25(13-15-26)16-17-8-4-3-5-9-17/h3-11H,2,12-16H2,1H3. The number of carbonyl (C=O) groups is 1. The summed E-state index contributed by atoms with van der Waals surface area (Å²) in [6, 6.07) is 18.1. The number of nitrogens with zero attached hydrogens (tertiary/aromatic N) is 4. The summed E-state index contributed by atoms with van der Waals surface area (Å²) in [6.07, 6.45) is 0. The van der Waals surface area contributed by atoms with Gasteiger partial charge in [0.1, 0.15) is 0 Å². The number of hydrogen-bond donors (Lipinski definition) is 0. The Morgan fingerprint density at radius 1 is 0.929 bits per heavy atom. The van der Waals surface area contributed by atoms with Gasteiger partial charge in [-0.25, -0.2) is 14.8 Å². The summed E-state index contributed by atoms with van der Waals surface area (Å²) in [6.45, 7) is 6.46. The van der Waals surface area contributed by atoms with Crippen LogP contribution in [-0.2, 0) is 11.3 Å². The summed E-state index contributed by atoms with van der Waals surface area (Å²) < 4.78 is 5.23. The fourth-order valence-electron chi connectivity index (χ4n) is 3.51. The van der Waals surface area contributed by atoms with Crippen molar-refractivity contribution in [3.8, 4) is 0 Å². The first-order chi connectivity index (χ1) is 13.7. The molecule has 0 saturated carbocycles. The maximum absolute atomic E-state index is 12.5. The van der Waals surface area contributed by atoms with Crippen molar-refractivity contribution in [2.45, 2.75) is 13.5 Å². The van der Waals surface area contributed by atoms with Crippen LogP contribution in [0, 0.1) is 0 Å². The molecular weight excluding hydrogens is 352 g/mol. The van der Waals surface area contributed by atoms with E-state index in [0.29, 0.717) is 23.6 Å². The number of esters is 1. The van der Waals surface area contributed by atoms with Gasteiger partial charge in [-0.1, -0.05) is 42.5 Å². The predicted molar refractivity (Wildman–Crippen MR) is 109 cm³/mol. The maximum atomic E-state index is 12.5. The molecule has 1 aromatic heterocycles. The van der Waals surface area contributed by atoms with Gasteiger partial charge in [0.05, 0.1) is 17.6 Å². The van der Waals surface area contributed by atoms with Gasteiger partial charge < -0.3 is 9.64 Å². The lowest BCUT2D eigenvalue weighted by molar-refractivity contribution is 0.0520. The molecule has 2 aromatic carbocycles. The van der Waals surface area contributed by atoms with Crippen molar-refractivity contribution < 1.29 is 9.53 Å². The van der Waals surface area contributed by atoms with Crippen LogP contribution in [-0.4, -0.2) is 53.6 Å². The summed E-state index contributed by atoms with van der Waals surface area (Å²) in [4.78, 5) is 26.4. The molecule has 0 aliphatic carbocycles. The molecule has 0 atom stereocenters. The van der Waals surface area contributed by atoms with E-state index < -0.39 is 5.97 Å². The van der Waals surface area contributed by atoms with Crippen LogP contribution in [0.1, 0.15) is 23.0 Å².